The standard InChI is InChI=1S/C8H9N3O2/c9-3-1-6-10-7(12)5-2-4-13-8(5)11-6/h2,4H,1,3,9H2,(H,10,11,12). The average molecular weight is 179 g/mol. The third-order valence-corrected chi connectivity index (χ3v) is 1.76. The number of H-pyrrole nitrogens is 1. The minimum atomic E-state index is -0.179. The zero-order chi connectivity index (χ0) is 9.26. The lowest BCUT2D eigenvalue weighted by Crippen LogP contribution is -2.14. The quantitative estimate of drug-likeness (QED) is 0.680. The summed E-state index contributed by atoms with van der Waals surface area (Å²) in [6, 6.07) is 1.59. The van der Waals surface area contributed by atoms with E-state index in [2.05, 4.69) is 9.97 Å². The summed E-state index contributed by atoms with van der Waals surface area (Å²) in [6.45, 7) is 0.454. The third-order valence-electron chi connectivity index (χ3n) is 1.76. The van der Waals surface area contributed by atoms with Crippen LogP contribution in [0.5, 0.6) is 0 Å². The van der Waals surface area contributed by atoms with E-state index in [9.17, 15) is 4.79 Å². The van der Waals surface area contributed by atoms with E-state index >= 15 is 0 Å². The van der Waals surface area contributed by atoms with Gasteiger partial charge in [0.15, 0.2) is 0 Å². The highest BCUT2D eigenvalue weighted by Gasteiger charge is 2.04. The molecule has 0 unspecified atom stereocenters. The smallest absolute Gasteiger partial charge is 0.262 e. The first-order valence-electron chi connectivity index (χ1n) is 3.97. The van der Waals surface area contributed by atoms with Crippen molar-refractivity contribution in [3.8, 4) is 0 Å². The fraction of sp³-hybridized carbons (Fsp3) is 0.250. The van der Waals surface area contributed by atoms with Crippen LogP contribution in [-0.2, 0) is 6.42 Å². The molecule has 0 aliphatic carbocycles. The topological polar surface area (TPSA) is 84.9 Å². The van der Waals surface area contributed by atoms with Gasteiger partial charge < -0.3 is 15.1 Å². The lowest BCUT2D eigenvalue weighted by Gasteiger charge is -1.95. The molecule has 2 aromatic rings. The van der Waals surface area contributed by atoms with Crippen LogP contribution < -0.4 is 11.3 Å². The van der Waals surface area contributed by atoms with E-state index in [-0.39, 0.29) is 5.56 Å². The van der Waals surface area contributed by atoms with Gasteiger partial charge in [-0.3, -0.25) is 4.79 Å². The Morgan fingerprint density at radius 2 is 2.46 bits per heavy atom. The van der Waals surface area contributed by atoms with Crippen LogP contribution >= 0.6 is 0 Å². The first-order valence-corrected chi connectivity index (χ1v) is 3.97. The molecule has 2 rings (SSSR count). The van der Waals surface area contributed by atoms with Crippen LogP contribution in [0.25, 0.3) is 11.1 Å². The molecule has 0 saturated carbocycles. The van der Waals surface area contributed by atoms with Gasteiger partial charge in [0.1, 0.15) is 11.2 Å². The SMILES string of the molecule is NCCc1nc2occc2c(=O)[nH]1. The highest BCUT2D eigenvalue weighted by molar-refractivity contribution is 5.71. The second kappa shape index (κ2) is 3.02. The second-order valence-corrected chi connectivity index (χ2v) is 2.69. The van der Waals surface area contributed by atoms with Crippen LogP contribution in [0.15, 0.2) is 21.5 Å². The molecule has 5 heteroatoms. The summed E-state index contributed by atoms with van der Waals surface area (Å²) in [5, 5.41) is 0.473. The maximum Gasteiger partial charge on any atom is 0.262 e. The molecule has 68 valence electrons. The fourth-order valence-corrected chi connectivity index (χ4v) is 1.16. The first-order chi connectivity index (χ1) is 6.31. The van der Waals surface area contributed by atoms with E-state index in [1.807, 2.05) is 0 Å². The number of hydrogen-bond acceptors (Lipinski definition) is 4. The summed E-state index contributed by atoms with van der Waals surface area (Å²) in [6.07, 6.45) is 1.99. The molecular formula is C8H9N3O2. The largest absolute Gasteiger partial charge is 0.446 e. The van der Waals surface area contributed by atoms with Crippen molar-refractivity contribution in [3.05, 3.63) is 28.5 Å². The first kappa shape index (κ1) is 8.00. The number of nitrogens with two attached hydrogens (primary N) is 1. The van der Waals surface area contributed by atoms with Crippen molar-refractivity contribution in [1.29, 1.82) is 0 Å². The van der Waals surface area contributed by atoms with Crippen LogP contribution in [0.1, 0.15) is 5.82 Å². The number of aromatic amines is 1. The Morgan fingerprint density at radius 3 is 3.23 bits per heavy atom. The van der Waals surface area contributed by atoms with Crippen LogP contribution in [0, 0.1) is 0 Å². The van der Waals surface area contributed by atoms with Crippen molar-refractivity contribution in [2.75, 3.05) is 6.54 Å². The maximum atomic E-state index is 11.3. The number of fused-ring (bicyclic) bond motifs is 1. The van der Waals surface area contributed by atoms with Crippen molar-refractivity contribution in [2.24, 2.45) is 5.73 Å². The number of aromatic nitrogens is 2. The molecule has 0 radical (unpaired) electrons. The maximum absolute atomic E-state index is 11.3. The van der Waals surface area contributed by atoms with Crippen molar-refractivity contribution in [1.82, 2.24) is 9.97 Å². The Kier molecular flexibility index (Phi) is 1.86. The highest BCUT2D eigenvalue weighted by Crippen LogP contribution is 2.06. The van der Waals surface area contributed by atoms with E-state index in [4.69, 9.17) is 10.2 Å². The van der Waals surface area contributed by atoms with Gasteiger partial charge in [-0.05, 0) is 12.6 Å². The Hall–Kier alpha value is -1.62. The number of nitrogens with zero attached hydrogens (tertiary/aromatic N) is 1. The number of furan rings is 1. The minimum Gasteiger partial charge on any atom is -0.446 e. The summed E-state index contributed by atoms with van der Waals surface area (Å²) < 4.78 is 5.01. The fourth-order valence-electron chi connectivity index (χ4n) is 1.16. The van der Waals surface area contributed by atoms with Gasteiger partial charge in [0.25, 0.3) is 5.56 Å². The van der Waals surface area contributed by atoms with E-state index in [1.165, 1.54) is 6.26 Å². The van der Waals surface area contributed by atoms with Crippen molar-refractivity contribution in [3.63, 3.8) is 0 Å². The van der Waals surface area contributed by atoms with E-state index in [1.54, 1.807) is 6.07 Å². The van der Waals surface area contributed by atoms with Gasteiger partial charge >= 0.3 is 0 Å². The van der Waals surface area contributed by atoms with Gasteiger partial charge in [-0.2, -0.15) is 4.98 Å². The molecule has 0 atom stereocenters. The Bertz CT molecular complexity index is 471. The molecule has 0 aromatic carbocycles. The Morgan fingerprint density at radius 1 is 1.62 bits per heavy atom. The third kappa shape index (κ3) is 1.33. The minimum absolute atomic E-state index is 0.179. The van der Waals surface area contributed by atoms with Crippen LogP contribution in [0.2, 0.25) is 0 Å². The molecule has 0 fully saturated rings. The van der Waals surface area contributed by atoms with Crippen LogP contribution in [-0.4, -0.2) is 16.5 Å². The normalized spacial score (nSPS) is 10.8. The molecule has 0 saturated heterocycles. The summed E-state index contributed by atoms with van der Waals surface area (Å²) in [5.74, 6) is 0.565. The summed E-state index contributed by atoms with van der Waals surface area (Å²) in [4.78, 5) is 18.1. The van der Waals surface area contributed by atoms with Gasteiger partial charge in [-0.15, -0.1) is 0 Å². The predicted molar refractivity (Wildman–Crippen MR) is 47.4 cm³/mol. The highest BCUT2D eigenvalue weighted by atomic mass is 16.3. The van der Waals surface area contributed by atoms with Crippen molar-refractivity contribution >= 4 is 11.1 Å². The molecule has 0 amide bonds. The van der Waals surface area contributed by atoms with Gasteiger partial charge in [-0.1, -0.05) is 0 Å². The van der Waals surface area contributed by atoms with E-state index in [0.717, 1.165) is 0 Å². The van der Waals surface area contributed by atoms with E-state index in [0.29, 0.717) is 29.9 Å². The molecule has 0 aliphatic rings. The van der Waals surface area contributed by atoms with Crippen molar-refractivity contribution in [2.45, 2.75) is 6.42 Å². The van der Waals surface area contributed by atoms with Crippen LogP contribution in [0.4, 0.5) is 0 Å². The summed E-state index contributed by atoms with van der Waals surface area (Å²) in [7, 11) is 0. The Labute approximate surface area is 73.6 Å². The molecule has 0 spiro atoms. The lowest BCUT2D eigenvalue weighted by atomic mass is 10.3. The number of nitrogens with one attached hydrogen (secondary N) is 1. The molecule has 3 N–H and O–H groups in total. The zero-order valence-corrected chi connectivity index (χ0v) is 6.91. The number of rotatable bonds is 2. The number of hydrogen-bond donors (Lipinski definition) is 2. The van der Waals surface area contributed by atoms with E-state index < -0.39 is 0 Å². The molecule has 5 nitrogen and oxygen atoms in total. The monoisotopic (exact) mass is 179 g/mol. The zero-order valence-electron chi connectivity index (χ0n) is 6.91. The molecular weight excluding hydrogens is 170 g/mol. The molecule has 13 heavy (non-hydrogen) atoms. The molecule has 0 aliphatic heterocycles. The van der Waals surface area contributed by atoms with Gasteiger partial charge in [-0.25, -0.2) is 0 Å². The summed E-state index contributed by atoms with van der Waals surface area (Å²) in [5.41, 5.74) is 5.53. The molecule has 0 bridgehead atoms. The van der Waals surface area contributed by atoms with Crippen LogP contribution in [0.3, 0.4) is 0 Å². The predicted octanol–water partition coefficient (Wildman–Crippen LogP) is 0.0173. The molecule has 2 aromatic heterocycles. The summed E-state index contributed by atoms with van der Waals surface area (Å²) >= 11 is 0. The van der Waals surface area contributed by atoms with Gasteiger partial charge in [0.2, 0.25) is 5.71 Å². The van der Waals surface area contributed by atoms with Crippen molar-refractivity contribution < 1.29 is 4.42 Å². The second-order valence-electron chi connectivity index (χ2n) is 2.69. The molecule has 2 heterocycles. The average Bonchev–Trinajstić information content (AvgIpc) is 2.53. The Balaban J connectivity index is 2.63. The van der Waals surface area contributed by atoms with Gasteiger partial charge in [0, 0.05) is 6.42 Å². The van der Waals surface area contributed by atoms with Gasteiger partial charge in [0.05, 0.1) is 6.26 Å². The lowest BCUT2D eigenvalue weighted by molar-refractivity contribution is 0.598.